The molecule has 0 aliphatic carbocycles. The van der Waals surface area contributed by atoms with E-state index in [9.17, 15) is 9.59 Å². The van der Waals surface area contributed by atoms with Gasteiger partial charge in [-0.15, -0.1) is 0 Å². The summed E-state index contributed by atoms with van der Waals surface area (Å²) in [5.41, 5.74) is 0.435. The van der Waals surface area contributed by atoms with Crippen molar-refractivity contribution < 1.29 is 14.3 Å². The normalized spacial score (nSPS) is 9.67. The fourth-order valence-electron chi connectivity index (χ4n) is 1.18. The Morgan fingerprint density at radius 2 is 2.28 bits per heavy atom. The van der Waals surface area contributed by atoms with Gasteiger partial charge < -0.3 is 15.4 Å². The summed E-state index contributed by atoms with van der Waals surface area (Å²) in [4.78, 5) is 26.1. The SMILES string of the molecule is COC(=O)CCCNC(=O)Nc1cccnc1Cl. The maximum Gasteiger partial charge on any atom is 0.319 e. The Bertz CT molecular complexity index is 426. The van der Waals surface area contributed by atoms with Gasteiger partial charge in [0, 0.05) is 19.2 Å². The van der Waals surface area contributed by atoms with E-state index in [1.807, 2.05) is 0 Å². The molecule has 6 nitrogen and oxygen atoms in total. The number of pyridine rings is 1. The molecule has 2 amide bonds. The van der Waals surface area contributed by atoms with Gasteiger partial charge in [0.05, 0.1) is 12.8 Å². The number of esters is 1. The molecule has 0 unspecified atom stereocenters. The molecule has 2 N–H and O–H groups in total. The van der Waals surface area contributed by atoms with Crippen molar-refractivity contribution in [1.29, 1.82) is 0 Å². The predicted molar refractivity (Wildman–Crippen MR) is 67.5 cm³/mol. The molecule has 0 atom stereocenters. The zero-order valence-corrected chi connectivity index (χ0v) is 10.7. The van der Waals surface area contributed by atoms with Gasteiger partial charge >= 0.3 is 12.0 Å². The number of hydrogen-bond acceptors (Lipinski definition) is 4. The molecular formula is C11H14ClN3O3. The first-order valence-electron chi connectivity index (χ1n) is 5.35. The number of carbonyl (C=O) groups is 2. The molecule has 1 aromatic heterocycles. The number of carbonyl (C=O) groups excluding carboxylic acids is 2. The fraction of sp³-hybridized carbons (Fsp3) is 0.364. The van der Waals surface area contributed by atoms with E-state index in [1.165, 1.54) is 13.3 Å². The minimum Gasteiger partial charge on any atom is -0.469 e. The highest BCUT2D eigenvalue weighted by Crippen LogP contribution is 2.16. The van der Waals surface area contributed by atoms with Crippen LogP contribution in [0.4, 0.5) is 10.5 Å². The van der Waals surface area contributed by atoms with Crippen LogP contribution in [0.15, 0.2) is 18.3 Å². The number of hydrogen-bond donors (Lipinski definition) is 2. The summed E-state index contributed by atoms with van der Waals surface area (Å²) in [6, 6.07) is 2.91. The molecule has 18 heavy (non-hydrogen) atoms. The lowest BCUT2D eigenvalue weighted by Gasteiger charge is -2.07. The van der Waals surface area contributed by atoms with Gasteiger partial charge in [-0.3, -0.25) is 4.79 Å². The van der Waals surface area contributed by atoms with E-state index in [4.69, 9.17) is 11.6 Å². The van der Waals surface area contributed by atoms with Crippen LogP contribution in [0.2, 0.25) is 5.15 Å². The van der Waals surface area contributed by atoms with Gasteiger partial charge in [-0.1, -0.05) is 11.6 Å². The lowest BCUT2D eigenvalue weighted by Crippen LogP contribution is -2.30. The van der Waals surface area contributed by atoms with Crippen molar-refractivity contribution in [1.82, 2.24) is 10.3 Å². The average molecular weight is 272 g/mol. The van der Waals surface area contributed by atoms with Gasteiger partial charge in [-0.25, -0.2) is 9.78 Å². The lowest BCUT2D eigenvalue weighted by atomic mass is 10.3. The number of urea groups is 1. The molecule has 1 heterocycles. The van der Waals surface area contributed by atoms with Crippen molar-refractivity contribution in [3.63, 3.8) is 0 Å². The quantitative estimate of drug-likeness (QED) is 0.486. The highest BCUT2D eigenvalue weighted by atomic mass is 35.5. The molecular weight excluding hydrogens is 258 g/mol. The van der Waals surface area contributed by atoms with E-state index in [-0.39, 0.29) is 17.5 Å². The molecule has 0 aliphatic rings. The first kappa shape index (κ1) is 14.2. The Balaban J connectivity index is 2.26. The Kier molecular flexibility index (Phi) is 5.93. The minimum atomic E-state index is -0.394. The van der Waals surface area contributed by atoms with Crippen molar-refractivity contribution in [2.75, 3.05) is 19.0 Å². The molecule has 0 fully saturated rings. The van der Waals surface area contributed by atoms with Crippen LogP contribution < -0.4 is 10.6 Å². The zero-order chi connectivity index (χ0) is 13.4. The third kappa shape index (κ3) is 5.01. The zero-order valence-electron chi connectivity index (χ0n) is 9.90. The summed E-state index contributed by atoms with van der Waals surface area (Å²) in [5, 5.41) is 5.37. The van der Waals surface area contributed by atoms with E-state index in [1.54, 1.807) is 12.1 Å². The van der Waals surface area contributed by atoms with Gasteiger partial charge in [-0.2, -0.15) is 0 Å². The van der Waals surface area contributed by atoms with Gasteiger partial charge in [-0.05, 0) is 18.6 Å². The van der Waals surface area contributed by atoms with Crippen LogP contribution in [0.25, 0.3) is 0 Å². The molecule has 0 aliphatic heterocycles. The number of methoxy groups -OCH3 is 1. The summed E-state index contributed by atoms with van der Waals surface area (Å²) >= 11 is 5.78. The Morgan fingerprint density at radius 3 is 2.94 bits per heavy atom. The van der Waals surface area contributed by atoms with Crippen LogP contribution in [0.3, 0.4) is 0 Å². The largest absolute Gasteiger partial charge is 0.469 e. The first-order valence-corrected chi connectivity index (χ1v) is 5.73. The fourth-order valence-corrected chi connectivity index (χ4v) is 1.35. The third-order valence-corrected chi connectivity index (χ3v) is 2.38. The molecule has 0 spiro atoms. The summed E-state index contributed by atoms with van der Waals surface area (Å²) in [7, 11) is 1.33. The Morgan fingerprint density at radius 1 is 1.50 bits per heavy atom. The molecule has 0 saturated heterocycles. The van der Waals surface area contributed by atoms with Gasteiger partial charge in [0.15, 0.2) is 5.15 Å². The summed E-state index contributed by atoms with van der Waals surface area (Å²) in [5.74, 6) is -0.299. The van der Waals surface area contributed by atoms with E-state index in [2.05, 4.69) is 20.4 Å². The number of amides is 2. The number of nitrogens with one attached hydrogen (secondary N) is 2. The molecule has 0 saturated carbocycles. The Hall–Kier alpha value is -1.82. The van der Waals surface area contributed by atoms with E-state index in [0.29, 0.717) is 18.7 Å². The van der Waals surface area contributed by atoms with Crippen LogP contribution in [0.5, 0.6) is 0 Å². The summed E-state index contributed by atoms with van der Waals surface area (Å²) in [6.45, 7) is 0.374. The molecule has 0 bridgehead atoms. The van der Waals surface area contributed by atoms with Gasteiger partial charge in [0.2, 0.25) is 0 Å². The standard InChI is InChI=1S/C11H14ClN3O3/c1-18-9(16)5-3-7-14-11(17)15-8-4-2-6-13-10(8)12/h2,4,6H,3,5,7H2,1H3,(H2,14,15,17). The number of nitrogens with zero attached hydrogens (tertiary/aromatic N) is 1. The first-order chi connectivity index (χ1) is 8.63. The van der Waals surface area contributed by atoms with Crippen molar-refractivity contribution in [3.8, 4) is 0 Å². The van der Waals surface area contributed by atoms with Gasteiger partial charge in [0.25, 0.3) is 0 Å². The average Bonchev–Trinajstić information content (AvgIpc) is 2.37. The summed E-state index contributed by atoms with van der Waals surface area (Å²) in [6.07, 6.45) is 2.31. The lowest BCUT2D eigenvalue weighted by molar-refractivity contribution is -0.140. The number of halogens is 1. The highest BCUT2D eigenvalue weighted by molar-refractivity contribution is 6.32. The molecule has 0 aromatic carbocycles. The summed E-state index contributed by atoms with van der Waals surface area (Å²) < 4.78 is 4.48. The topological polar surface area (TPSA) is 80.3 Å². The minimum absolute atomic E-state index is 0.224. The maximum absolute atomic E-state index is 11.5. The van der Waals surface area contributed by atoms with Gasteiger partial charge in [0.1, 0.15) is 0 Å². The predicted octanol–water partition coefficient (Wildman–Crippen LogP) is 1.81. The van der Waals surface area contributed by atoms with Crippen molar-refractivity contribution in [2.24, 2.45) is 0 Å². The maximum atomic E-state index is 11.5. The molecule has 1 aromatic rings. The van der Waals surface area contributed by atoms with Crippen LogP contribution in [0, 0.1) is 0 Å². The molecule has 1 rings (SSSR count). The molecule has 98 valence electrons. The molecule has 7 heteroatoms. The third-order valence-electron chi connectivity index (χ3n) is 2.08. The number of anilines is 1. The number of aromatic nitrogens is 1. The second kappa shape index (κ2) is 7.50. The second-order valence-corrected chi connectivity index (χ2v) is 3.76. The monoisotopic (exact) mass is 271 g/mol. The van der Waals surface area contributed by atoms with Crippen LogP contribution >= 0.6 is 11.6 Å². The van der Waals surface area contributed by atoms with Crippen molar-refractivity contribution >= 4 is 29.3 Å². The van der Waals surface area contributed by atoms with E-state index < -0.39 is 6.03 Å². The Labute approximate surface area is 110 Å². The van der Waals surface area contributed by atoms with Crippen LogP contribution in [-0.4, -0.2) is 30.6 Å². The molecule has 0 radical (unpaired) electrons. The van der Waals surface area contributed by atoms with Crippen molar-refractivity contribution in [3.05, 3.63) is 23.5 Å². The van der Waals surface area contributed by atoms with Crippen LogP contribution in [-0.2, 0) is 9.53 Å². The van der Waals surface area contributed by atoms with Crippen LogP contribution in [0.1, 0.15) is 12.8 Å². The van der Waals surface area contributed by atoms with Crippen molar-refractivity contribution in [2.45, 2.75) is 12.8 Å². The number of rotatable bonds is 5. The second-order valence-electron chi connectivity index (χ2n) is 3.40. The van der Waals surface area contributed by atoms with E-state index in [0.717, 1.165) is 0 Å². The highest BCUT2D eigenvalue weighted by Gasteiger charge is 2.05. The number of ether oxygens (including phenoxy) is 1. The van der Waals surface area contributed by atoms with E-state index >= 15 is 0 Å². The smallest absolute Gasteiger partial charge is 0.319 e.